The second-order valence-corrected chi connectivity index (χ2v) is 7.93. The molecule has 2 N–H and O–H groups in total. The lowest BCUT2D eigenvalue weighted by Crippen LogP contribution is -2.11. The molecular formula is C19H16FN5O4S. The number of hydrogen-bond acceptors (Lipinski definition) is 7. The minimum atomic E-state index is -3.78. The average Bonchev–Trinajstić information content (AvgIpc) is 3.34. The maximum absolute atomic E-state index is 13.0. The normalized spacial score (nSPS) is 11.6. The van der Waals surface area contributed by atoms with E-state index in [4.69, 9.17) is 14.4 Å². The van der Waals surface area contributed by atoms with Crippen molar-refractivity contribution in [2.24, 2.45) is 12.2 Å². The summed E-state index contributed by atoms with van der Waals surface area (Å²) >= 11 is 0. The van der Waals surface area contributed by atoms with E-state index >= 15 is 0 Å². The quantitative estimate of drug-likeness (QED) is 0.499. The summed E-state index contributed by atoms with van der Waals surface area (Å²) in [5, 5.41) is 13.3. The van der Waals surface area contributed by atoms with Gasteiger partial charge in [-0.25, -0.2) is 17.9 Å². The summed E-state index contributed by atoms with van der Waals surface area (Å²) in [6, 6.07) is 11.5. The fraction of sp³-hybridized carbons (Fsp3) is 0.105. The number of nitrogens with two attached hydrogens (primary N) is 1. The number of primary sulfonamides is 1. The molecule has 30 heavy (non-hydrogen) atoms. The monoisotopic (exact) mass is 429 g/mol. The van der Waals surface area contributed by atoms with Crippen LogP contribution in [0.25, 0.3) is 22.8 Å². The van der Waals surface area contributed by atoms with Gasteiger partial charge in [0.25, 0.3) is 5.89 Å². The van der Waals surface area contributed by atoms with E-state index in [1.165, 1.54) is 48.5 Å². The van der Waals surface area contributed by atoms with Crippen molar-refractivity contribution in [2.75, 3.05) is 0 Å². The topological polar surface area (TPSA) is 126 Å². The summed E-state index contributed by atoms with van der Waals surface area (Å²) in [5.41, 5.74) is 1.82. The number of rotatable bonds is 6. The lowest BCUT2D eigenvalue weighted by atomic mass is 10.2. The van der Waals surface area contributed by atoms with Crippen molar-refractivity contribution in [1.29, 1.82) is 0 Å². The van der Waals surface area contributed by atoms with E-state index in [9.17, 15) is 12.8 Å². The Kier molecular flexibility index (Phi) is 5.06. The molecule has 0 saturated heterocycles. The highest BCUT2D eigenvalue weighted by Gasteiger charge is 2.19. The molecule has 0 aliphatic rings. The lowest BCUT2D eigenvalue weighted by Gasteiger charge is -2.07. The maximum atomic E-state index is 13.0. The maximum Gasteiger partial charge on any atom is 0.261 e. The number of nitrogens with zero attached hydrogens (tertiary/aromatic N) is 4. The van der Waals surface area contributed by atoms with E-state index < -0.39 is 10.0 Å². The van der Waals surface area contributed by atoms with Gasteiger partial charge in [0.2, 0.25) is 15.8 Å². The van der Waals surface area contributed by atoms with Gasteiger partial charge in [0.05, 0.1) is 22.3 Å². The Morgan fingerprint density at radius 3 is 2.50 bits per heavy atom. The van der Waals surface area contributed by atoms with Crippen LogP contribution in [0, 0.1) is 5.82 Å². The molecule has 2 aromatic carbocycles. The molecule has 0 aliphatic carbocycles. The molecule has 154 valence electrons. The SMILES string of the molecule is Cn1ncc(-c2nc(-c3ccc(S(N)(=O)=O)cc3)no2)c1COc1ccc(F)cc1. The van der Waals surface area contributed by atoms with E-state index in [1.54, 1.807) is 17.9 Å². The Bertz CT molecular complexity index is 1280. The summed E-state index contributed by atoms with van der Waals surface area (Å²) < 4.78 is 48.5. The molecule has 0 radical (unpaired) electrons. The first kappa shape index (κ1) is 19.7. The van der Waals surface area contributed by atoms with Gasteiger partial charge in [-0.3, -0.25) is 4.68 Å². The first-order chi connectivity index (χ1) is 14.3. The molecule has 0 atom stereocenters. The van der Waals surface area contributed by atoms with E-state index in [-0.39, 0.29) is 29.0 Å². The lowest BCUT2D eigenvalue weighted by molar-refractivity contribution is 0.294. The van der Waals surface area contributed by atoms with Crippen molar-refractivity contribution in [1.82, 2.24) is 19.9 Å². The number of halogens is 1. The summed E-state index contributed by atoms with van der Waals surface area (Å²) in [6.07, 6.45) is 1.57. The third-order valence-corrected chi connectivity index (χ3v) is 5.28. The average molecular weight is 429 g/mol. The largest absolute Gasteiger partial charge is 0.487 e. The van der Waals surface area contributed by atoms with Gasteiger partial charge in [-0.1, -0.05) is 5.16 Å². The van der Waals surface area contributed by atoms with E-state index in [0.29, 0.717) is 22.6 Å². The Morgan fingerprint density at radius 1 is 1.13 bits per heavy atom. The number of sulfonamides is 1. The number of ether oxygens (including phenoxy) is 1. The zero-order valence-electron chi connectivity index (χ0n) is 15.7. The molecule has 0 saturated carbocycles. The second kappa shape index (κ2) is 7.69. The zero-order valence-corrected chi connectivity index (χ0v) is 16.5. The van der Waals surface area contributed by atoms with Crippen LogP contribution in [0.1, 0.15) is 5.69 Å². The highest BCUT2D eigenvalue weighted by Crippen LogP contribution is 2.26. The Morgan fingerprint density at radius 2 is 1.83 bits per heavy atom. The summed E-state index contributed by atoms with van der Waals surface area (Å²) in [4.78, 5) is 4.35. The Hall–Kier alpha value is -3.57. The first-order valence-electron chi connectivity index (χ1n) is 8.68. The van der Waals surface area contributed by atoms with Crippen LogP contribution in [-0.4, -0.2) is 28.3 Å². The van der Waals surface area contributed by atoms with Crippen molar-refractivity contribution in [3.63, 3.8) is 0 Å². The number of aromatic nitrogens is 4. The summed E-state index contributed by atoms with van der Waals surface area (Å²) in [5.74, 6) is 0.662. The van der Waals surface area contributed by atoms with Gasteiger partial charge in [0, 0.05) is 12.6 Å². The smallest absolute Gasteiger partial charge is 0.261 e. The van der Waals surface area contributed by atoms with E-state index in [1.807, 2.05) is 0 Å². The van der Waals surface area contributed by atoms with Gasteiger partial charge in [-0.05, 0) is 48.5 Å². The van der Waals surface area contributed by atoms with Crippen LogP contribution in [0.15, 0.2) is 64.1 Å². The predicted molar refractivity (Wildman–Crippen MR) is 104 cm³/mol. The summed E-state index contributed by atoms with van der Waals surface area (Å²) in [6.45, 7) is 0.151. The van der Waals surface area contributed by atoms with Crippen molar-refractivity contribution in [2.45, 2.75) is 11.5 Å². The molecule has 9 nitrogen and oxygen atoms in total. The molecule has 0 bridgehead atoms. The van der Waals surface area contributed by atoms with Gasteiger partial charge in [-0.2, -0.15) is 10.1 Å². The van der Waals surface area contributed by atoms with E-state index in [0.717, 1.165) is 0 Å². The molecular weight excluding hydrogens is 413 g/mol. The van der Waals surface area contributed by atoms with Gasteiger partial charge >= 0.3 is 0 Å². The first-order valence-corrected chi connectivity index (χ1v) is 10.2. The van der Waals surface area contributed by atoms with Crippen molar-refractivity contribution >= 4 is 10.0 Å². The Labute approximate surface area is 171 Å². The molecule has 4 rings (SSSR count). The fourth-order valence-corrected chi connectivity index (χ4v) is 3.25. The highest BCUT2D eigenvalue weighted by atomic mass is 32.2. The van der Waals surface area contributed by atoms with Crippen molar-refractivity contribution in [3.05, 3.63) is 66.2 Å². The zero-order chi connectivity index (χ0) is 21.3. The molecule has 11 heteroatoms. The van der Waals surface area contributed by atoms with Crippen LogP contribution in [0.2, 0.25) is 0 Å². The van der Waals surface area contributed by atoms with Gasteiger partial charge in [0.15, 0.2) is 0 Å². The van der Waals surface area contributed by atoms with Gasteiger partial charge in [0.1, 0.15) is 18.2 Å². The fourth-order valence-electron chi connectivity index (χ4n) is 2.74. The van der Waals surface area contributed by atoms with Crippen LogP contribution >= 0.6 is 0 Å². The minimum absolute atomic E-state index is 0.0116. The second-order valence-electron chi connectivity index (χ2n) is 6.36. The van der Waals surface area contributed by atoms with E-state index in [2.05, 4.69) is 15.2 Å². The van der Waals surface area contributed by atoms with Gasteiger partial charge in [-0.15, -0.1) is 0 Å². The molecule has 0 fully saturated rings. The third-order valence-electron chi connectivity index (χ3n) is 4.35. The summed E-state index contributed by atoms with van der Waals surface area (Å²) in [7, 11) is -2.04. The number of hydrogen-bond donors (Lipinski definition) is 1. The predicted octanol–water partition coefficient (Wildman–Crippen LogP) is 2.50. The molecule has 0 spiro atoms. The third kappa shape index (κ3) is 4.07. The number of aryl methyl sites for hydroxylation is 1. The van der Waals surface area contributed by atoms with Crippen LogP contribution in [-0.2, 0) is 23.7 Å². The highest BCUT2D eigenvalue weighted by molar-refractivity contribution is 7.89. The van der Waals surface area contributed by atoms with Crippen LogP contribution in [0.4, 0.5) is 4.39 Å². The molecule has 0 aliphatic heterocycles. The van der Waals surface area contributed by atoms with Crippen LogP contribution < -0.4 is 9.88 Å². The molecule has 0 unspecified atom stereocenters. The molecule has 4 aromatic rings. The van der Waals surface area contributed by atoms with Gasteiger partial charge < -0.3 is 9.26 Å². The van der Waals surface area contributed by atoms with Crippen molar-refractivity contribution < 1.29 is 22.1 Å². The van der Waals surface area contributed by atoms with Crippen LogP contribution in [0.5, 0.6) is 5.75 Å². The minimum Gasteiger partial charge on any atom is -0.487 e. The standard InChI is InChI=1S/C19H16FN5O4S/c1-25-17(11-28-14-6-4-13(20)5-7-14)16(10-22-25)19-23-18(24-29-19)12-2-8-15(9-3-12)30(21,26)27/h2-10H,11H2,1H3,(H2,21,26,27). The van der Waals surface area contributed by atoms with Crippen molar-refractivity contribution in [3.8, 4) is 28.6 Å². The molecule has 0 amide bonds. The van der Waals surface area contributed by atoms with Crippen LogP contribution in [0.3, 0.4) is 0 Å². The molecule has 2 heterocycles. The Balaban J connectivity index is 1.57. The number of benzene rings is 2. The molecule has 2 aromatic heterocycles.